The Morgan fingerprint density at radius 1 is 1.44 bits per heavy atom. The molecule has 6 heteroatoms. The van der Waals surface area contributed by atoms with Crippen molar-refractivity contribution in [2.75, 3.05) is 7.05 Å². The van der Waals surface area contributed by atoms with Crippen LogP contribution in [0.25, 0.3) is 0 Å². The van der Waals surface area contributed by atoms with Crippen LogP contribution in [0.3, 0.4) is 0 Å². The molecule has 1 aliphatic rings. The minimum atomic E-state index is -0.146. The average molecular weight is 223 g/mol. The molecule has 1 aromatic heterocycles. The summed E-state index contributed by atoms with van der Waals surface area (Å²) >= 11 is 0. The number of H-pyrrole nitrogens is 1. The summed E-state index contributed by atoms with van der Waals surface area (Å²) in [5.74, 6) is 0.558. The Kier molecular flexibility index (Phi) is 3.17. The van der Waals surface area contributed by atoms with Gasteiger partial charge in [0.2, 0.25) is 0 Å². The van der Waals surface area contributed by atoms with Gasteiger partial charge in [0.25, 0.3) is 11.7 Å². The van der Waals surface area contributed by atoms with Gasteiger partial charge in [0, 0.05) is 13.1 Å². The molecule has 0 aliphatic heterocycles. The zero-order chi connectivity index (χ0) is 11.5. The molecular formula is C10H17N5O. The number of tetrazole rings is 1. The molecule has 6 nitrogen and oxygen atoms in total. The standard InChI is InChI=1S/C10H17N5O/c1-7-5-3-4-6-8(7)15(2)10(16)9-11-13-14-12-9/h7-8H,3-6H2,1-2H3,(H,11,12,13,14). The number of rotatable bonds is 2. The van der Waals surface area contributed by atoms with Crippen molar-refractivity contribution in [3.8, 4) is 0 Å². The van der Waals surface area contributed by atoms with Gasteiger partial charge in [0.05, 0.1) is 0 Å². The monoisotopic (exact) mass is 223 g/mol. The van der Waals surface area contributed by atoms with Gasteiger partial charge in [0.1, 0.15) is 0 Å². The molecule has 1 aromatic rings. The third-order valence-electron chi connectivity index (χ3n) is 3.42. The van der Waals surface area contributed by atoms with Crippen molar-refractivity contribution in [3.63, 3.8) is 0 Å². The predicted molar refractivity (Wildman–Crippen MR) is 57.7 cm³/mol. The lowest BCUT2D eigenvalue weighted by molar-refractivity contribution is 0.0616. The second-order valence-corrected chi connectivity index (χ2v) is 4.48. The molecule has 2 atom stereocenters. The zero-order valence-corrected chi connectivity index (χ0v) is 9.68. The van der Waals surface area contributed by atoms with Crippen LogP contribution in [0.2, 0.25) is 0 Å². The fourth-order valence-electron chi connectivity index (χ4n) is 2.43. The van der Waals surface area contributed by atoms with E-state index in [2.05, 4.69) is 27.5 Å². The van der Waals surface area contributed by atoms with Crippen molar-refractivity contribution in [2.45, 2.75) is 38.6 Å². The summed E-state index contributed by atoms with van der Waals surface area (Å²) in [7, 11) is 1.82. The largest absolute Gasteiger partial charge is 0.336 e. The highest BCUT2D eigenvalue weighted by Gasteiger charge is 2.29. The fraction of sp³-hybridized carbons (Fsp3) is 0.800. The molecule has 0 radical (unpaired) electrons. The lowest BCUT2D eigenvalue weighted by Gasteiger charge is -2.35. The van der Waals surface area contributed by atoms with Gasteiger partial charge >= 0.3 is 0 Å². The van der Waals surface area contributed by atoms with Crippen LogP contribution in [0, 0.1) is 5.92 Å². The van der Waals surface area contributed by atoms with Crippen molar-refractivity contribution >= 4 is 5.91 Å². The van der Waals surface area contributed by atoms with Crippen molar-refractivity contribution in [2.24, 2.45) is 5.92 Å². The van der Waals surface area contributed by atoms with Crippen LogP contribution in [0.1, 0.15) is 43.2 Å². The molecule has 1 amide bonds. The van der Waals surface area contributed by atoms with E-state index in [1.54, 1.807) is 4.90 Å². The summed E-state index contributed by atoms with van der Waals surface area (Å²) in [6.07, 6.45) is 4.72. The Balaban J connectivity index is 2.06. The first-order valence-electron chi connectivity index (χ1n) is 5.70. The normalized spacial score (nSPS) is 25.4. The first-order valence-corrected chi connectivity index (χ1v) is 5.70. The van der Waals surface area contributed by atoms with Crippen LogP contribution in [-0.2, 0) is 0 Å². The molecular weight excluding hydrogens is 206 g/mol. The Morgan fingerprint density at radius 2 is 2.19 bits per heavy atom. The maximum atomic E-state index is 12.0. The summed E-state index contributed by atoms with van der Waals surface area (Å²) < 4.78 is 0. The van der Waals surface area contributed by atoms with Gasteiger partial charge in [0.15, 0.2) is 0 Å². The molecule has 0 bridgehead atoms. The number of carbonyl (C=O) groups is 1. The van der Waals surface area contributed by atoms with E-state index in [4.69, 9.17) is 0 Å². The molecule has 1 saturated carbocycles. The Labute approximate surface area is 94.4 Å². The van der Waals surface area contributed by atoms with E-state index < -0.39 is 0 Å². The molecule has 2 unspecified atom stereocenters. The van der Waals surface area contributed by atoms with Gasteiger partial charge in [-0.05, 0) is 24.0 Å². The third-order valence-corrected chi connectivity index (χ3v) is 3.42. The molecule has 16 heavy (non-hydrogen) atoms. The molecule has 2 rings (SSSR count). The number of nitrogens with one attached hydrogen (secondary N) is 1. The molecule has 0 spiro atoms. The average Bonchev–Trinajstić information content (AvgIpc) is 2.81. The quantitative estimate of drug-likeness (QED) is 0.806. The van der Waals surface area contributed by atoms with Crippen molar-refractivity contribution < 1.29 is 4.79 Å². The van der Waals surface area contributed by atoms with E-state index >= 15 is 0 Å². The smallest absolute Gasteiger partial charge is 0.295 e. The maximum Gasteiger partial charge on any atom is 0.295 e. The van der Waals surface area contributed by atoms with E-state index in [1.165, 1.54) is 19.3 Å². The number of carbonyl (C=O) groups excluding carboxylic acids is 1. The Morgan fingerprint density at radius 3 is 2.81 bits per heavy atom. The number of nitrogens with zero attached hydrogens (tertiary/aromatic N) is 4. The highest BCUT2D eigenvalue weighted by molar-refractivity contribution is 5.90. The first-order chi connectivity index (χ1) is 7.70. The number of hydrogen-bond donors (Lipinski definition) is 1. The van der Waals surface area contributed by atoms with Crippen LogP contribution in [-0.4, -0.2) is 44.5 Å². The number of amides is 1. The second kappa shape index (κ2) is 4.59. The van der Waals surface area contributed by atoms with Gasteiger partial charge in [-0.2, -0.15) is 5.21 Å². The summed E-state index contributed by atoms with van der Waals surface area (Å²) in [6, 6.07) is 0.305. The summed E-state index contributed by atoms with van der Waals surface area (Å²) in [4.78, 5) is 13.8. The van der Waals surface area contributed by atoms with Gasteiger partial charge in [-0.3, -0.25) is 4.79 Å². The zero-order valence-electron chi connectivity index (χ0n) is 9.68. The molecule has 1 N–H and O–H groups in total. The summed E-state index contributed by atoms with van der Waals surface area (Å²) in [5.41, 5.74) is 0. The number of aromatic nitrogens is 4. The van der Waals surface area contributed by atoms with Crippen molar-refractivity contribution in [1.29, 1.82) is 0 Å². The van der Waals surface area contributed by atoms with E-state index in [-0.39, 0.29) is 11.7 Å². The van der Waals surface area contributed by atoms with Crippen LogP contribution in [0.15, 0.2) is 0 Å². The molecule has 1 fully saturated rings. The fourth-order valence-corrected chi connectivity index (χ4v) is 2.43. The van der Waals surface area contributed by atoms with Gasteiger partial charge in [-0.25, -0.2) is 0 Å². The van der Waals surface area contributed by atoms with E-state index in [1.807, 2.05) is 7.05 Å². The van der Waals surface area contributed by atoms with Crippen LogP contribution < -0.4 is 0 Å². The molecule has 88 valence electrons. The van der Waals surface area contributed by atoms with Gasteiger partial charge in [-0.1, -0.05) is 19.8 Å². The van der Waals surface area contributed by atoms with E-state index in [0.29, 0.717) is 12.0 Å². The maximum absolute atomic E-state index is 12.0. The SMILES string of the molecule is CC1CCCCC1N(C)C(=O)c1nn[nH]n1. The topological polar surface area (TPSA) is 74.8 Å². The first kappa shape index (κ1) is 11.0. The number of aromatic amines is 1. The molecule has 1 heterocycles. The van der Waals surface area contributed by atoms with E-state index in [0.717, 1.165) is 6.42 Å². The highest BCUT2D eigenvalue weighted by Crippen LogP contribution is 2.27. The minimum absolute atomic E-state index is 0.146. The van der Waals surface area contributed by atoms with Crippen molar-refractivity contribution in [3.05, 3.63) is 5.82 Å². The second-order valence-electron chi connectivity index (χ2n) is 4.48. The Bertz CT molecular complexity index is 350. The summed E-state index contributed by atoms with van der Waals surface area (Å²) in [6.45, 7) is 2.20. The molecule has 0 saturated heterocycles. The lowest BCUT2D eigenvalue weighted by Crippen LogP contribution is -2.43. The van der Waals surface area contributed by atoms with Crippen LogP contribution in [0.5, 0.6) is 0 Å². The lowest BCUT2D eigenvalue weighted by atomic mass is 9.85. The third kappa shape index (κ3) is 2.05. The van der Waals surface area contributed by atoms with Crippen molar-refractivity contribution in [1.82, 2.24) is 25.5 Å². The molecule has 0 aromatic carbocycles. The minimum Gasteiger partial charge on any atom is -0.336 e. The summed E-state index contributed by atoms with van der Waals surface area (Å²) in [5, 5.41) is 13.1. The highest BCUT2D eigenvalue weighted by atomic mass is 16.2. The Hall–Kier alpha value is -1.46. The molecule has 1 aliphatic carbocycles. The van der Waals surface area contributed by atoms with Crippen LogP contribution >= 0.6 is 0 Å². The van der Waals surface area contributed by atoms with Gasteiger partial charge < -0.3 is 4.90 Å². The number of hydrogen-bond acceptors (Lipinski definition) is 4. The van der Waals surface area contributed by atoms with Gasteiger partial charge in [-0.15, -0.1) is 10.2 Å². The van der Waals surface area contributed by atoms with E-state index in [9.17, 15) is 4.79 Å². The predicted octanol–water partition coefficient (Wildman–Crippen LogP) is 0.850. The van der Waals surface area contributed by atoms with Crippen LogP contribution in [0.4, 0.5) is 0 Å².